The van der Waals surface area contributed by atoms with Gasteiger partial charge in [-0.3, -0.25) is 9.50 Å². The highest BCUT2D eigenvalue weighted by atomic mass is 32.2. The van der Waals surface area contributed by atoms with Crippen molar-refractivity contribution < 1.29 is 39.7 Å². The molecule has 0 unspecified atom stereocenters. The van der Waals surface area contributed by atoms with E-state index in [9.17, 15) is 30.8 Å². The zero-order valence-corrected chi connectivity index (χ0v) is 14.6. The van der Waals surface area contributed by atoms with Crippen LogP contribution in [0.15, 0.2) is 12.1 Å². The van der Waals surface area contributed by atoms with E-state index in [1.54, 1.807) is 0 Å². The minimum absolute atomic E-state index is 0.347. The summed E-state index contributed by atoms with van der Waals surface area (Å²) in [4.78, 5) is 11.6. The van der Waals surface area contributed by atoms with Crippen LogP contribution < -0.4 is 5.32 Å². The van der Waals surface area contributed by atoms with Crippen LogP contribution in [0.4, 0.5) is 28.0 Å². The molecule has 1 amide bonds. The van der Waals surface area contributed by atoms with E-state index in [4.69, 9.17) is 4.74 Å². The Morgan fingerprint density at radius 1 is 1.20 bits per heavy atom. The van der Waals surface area contributed by atoms with Crippen molar-refractivity contribution in [1.82, 2.24) is 0 Å². The smallest absolute Gasteiger partial charge is 0.416 e. The maximum Gasteiger partial charge on any atom is 0.416 e. The highest BCUT2D eigenvalue weighted by molar-refractivity contribution is 7.85. The number of halogens is 4. The Morgan fingerprint density at radius 3 is 2.20 bits per heavy atom. The highest BCUT2D eigenvalue weighted by Gasteiger charge is 2.35. The van der Waals surface area contributed by atoms with Crippen molar-refractivity contribution in [2.45, 2.75) is 39.2 Å². The van der Waals surface area contributed by atoms with Gasteiger partial charge >= 0.3 is 12.3 Å². The fraction of sp³-hybridized carbons (Fsp3) is 0.500. The Hall–Kier alpha value is -1.88. The van der Waals surface area contributed by atoms with Gasteiger partial charge in [-0.05, 0) is 38.5 Å². The third-order valence-corrected chi connectivity index (χ3v) is 3.11. The fourth-order valence-electron chi connectivity index (χ4n) is 1.68. The van der Waals surface area contributed by atoms with Crippen molar-refractivity contribution >= 4 is 21.9 Å². The van der Waals surface area contributed by atoms with E-state index in [2.05, 4.69) is 4.18 Å². The van der Waals surface area contributed by atoms with Crippen molar-refractivity contribution in [1.29, 1.82) is 0 Å². The van der Waals surface area contributed by atoms with Gasteiger partial charge in [-0.15, -0.1) is 0 Å². The SMILES string of the molecule is CC(C)(C)OC(=O)Nc1cc(C(F)(F)F)c(COS(C)(=O)=O)cc1F. The molecule has 1 aromatic carbocycles. The number of nitrogens with one attached hydrogen (secondary N) is 1. The third-order valence-electron chi connectivity index (χ3n) is 2.56. The molecule has 0 atom stereocenters. The van der Waals surface area contributed by atoms with Crippen LogP contribution in [-0.2, 0) is 31.8 Å². The molecule has 0 fully saturated rings. The fourth-order valence-corrected chi connectivity index (χ4v) is 2.02. The van der Waals surface area contributed by atoms with Crippen LogP contribution in [0.1, 0.15) is 31.9 Å². The summed E-state index contributed by atoms with van der Waals surface area (Å²) in [5.41, 5.74) is -3.77. The van der Waals surface area contributed by atoms with E-state index in [-0.39, 0.29) is 0 Å². The number of hydrogen-bond acceptors (Lipinski definition) is 5. The zero-order valence-electron chi connectivity index (χ0n) is 13.8. The number of amides is 1. The molecule has 11 heteroatoms. The Bertz CT molecular complexity index is 754. The molecule has 0 aliphatic heterocycles. The lowest BCUT2D eigenvalue weighted by molar-refractivity contribution is -0.138. The van der Waals surface area contributed by atoms with Gasteiger partial charge in [0.1, 0.15) is 11.4 Å². The number of alkyl halides is 3. The van der Waals surface area contributed by atoms with Gasteiger partial charge in [0.25, 0.3) is 10.1 Å². The topological polar surface area (TPSA) is 81.7 Å². The number of carbonyl (C=O) groups excluding carboxylic acids is 1. The molecular weight excluding hydrogens is 370 g/mol. The van der Waals surface area contributed by atoms with Gasteiger partial charge in [0.2, 0.25) is 0 Å². The maximum atomic E-state index is 14.0. The van der Waals surface area contributed by atoms with Crippen molar-refractivity contribution in [3.63, 3.8) is 0 Å². The quantitative estimate of drug-likeness (QED) is 0.630. The summed E-state index contributed by atoms with van der Waals surface area (Å²) < 4.78 is 84.3. The van der Waals surface area contributed by atoms with Gasteiger partial charge in [-0.1, -0.05) is 0 Å². The van der Waals surface area contributed by atoms with Crippen LogP contribution in [0.5, 0.6) is 0 Å². The molecule has 0 aliphatic rings. The number of anilines is 1. The van der Waals surface area contributed by atoms with Crippen LogP contribution in [0, 0.1) is 5.82 Å². The maximum absolute atomic E-state index is 14.0. The standard InChI is InChI=1S/C14H17F4NO5S/c1-13(2,3)24-12(20)19-11-6-9(14(16,17)18)8(5-10(11)15)7-23-25(4,21)22/h5-6H,7H2,1-4H3,(H,19,20). The van der Waals surface area contributed by atoms with Crippen molar-refractivity contribution in [3.05, 3.63) is 29.1 Å². The average Bonchev–Trinajstić information content (AvgIpc) is 2.34. The molecule has 25 heavy (non-hydrogen) atoms. The first-order valence-corrected chi connectivity index (χ1v) is 8.64. The normalized spacial score (nSPS) is 12.8. The Kier molecular flexibility index (Phi) is 6.06. The molecule has 0 aromatic heterocycles. The predicted molar refractivity (Wildman–Crippen MR) is 80.9 cm³/mol. The largest absolute Gasteiger partial charge is 0.444 e. The molecule has 1 N–H and O–H groups in total. The molecule has 0 aliphatic carbocycles. The first kappa shape index (κ1) is 21.2. The first-order valence-electron chi connectivity index (χ1n) is 6.82. The summed E-state index contributed by atoms with van der Waals surface area (Å²) in [7, 11) is -4.03. The summed E-state index contributed by atoms with van der Waals surface area (Å²) in [5, 5.41) is 1.88. The van der Waals surface area contributed by atoms with Crippen LogP contribution in [-0.4, -0.2) is 26.4 Å². The molecule has 0 bridgehead atoms. The van der Waals surface area contributed by atoms with E-state index < -0.39 is 57.2 Å². The van der Waals surface area contributed by atoms with Crippen LogP contribution in [0.25, 0.3) is 0 Å². The summed E-state index contributed by atoms with van der Waals surface area (Å²) in [5.74, 6) is -1.20. The van der Waals surface area contributed by atoms with E-state index in [1.807, 2.05) is 5.32 Å². The van der Waals surface area contributed by atoms with Gasteiger partial charge in [0, 0.05) is 0 Å². The van der Waals surface area contributed by atoms with Crippen molar-refractivity contribution in [2.75, 3.05) is 11.6 Å². The number of rotatable bonds is 4. The number of ether oxygens (including phenoxy) is 1. The summed E-state index contributed by atoms with van der Waals surface area (Å²) >= 11 is 0. The second-order valence-corrected chi connectivity index (χ2v) is 7.72. The van der Waals surface area contributed by atoms with Gasteiger partial charge in [0.05, 0.1) is 24.1 Å². The minimum atomic E-state index is -4.92. The molecule has 0 saturated heterocycles. The lowest BCUT2D eigenvalue weighted by atomic mass is 10.1. The second kappa shape index (κ2) is 7.16. The van der Waals surface area contributed by atoms with Gasteiger partial charge in [0.15, 0.2) is 0 Å². The Morgan fingerprint density at radius 2 is 1.76 bits per heavy atom. The number of benzene rings is 1. The zero-order chi connectivity index (χ0) is 19.6. The van der Waals surface area contributed by atoms with Crippen LogP contribution in [0.3, 0.4) is 0 Å². The molecule has 6 nitrogen and oxygen atoms in total. The van der Waals surface area contributed by atoms with Gasteiger partial charge < -0.3 is 4.74 Å². The lowest BCUT2D eigenvalue weighted by Gasteiger charge is -2.20. The molecule has 0 heterocycles. The molecule has 1 rings (SSSR count). The first-order chi connectivity index (χ1) is 11.1. The van der Waals surface area contributed by atoms with Crippen LogP contribution >= 0.6 is 0 Å². The number of carbonyl (C=O) groups is 1. The van der Waals surface area contributed by atoms with Crippen molar-refractivity contribution in [2.24, 2.45) is 0 Å². The summed E-state index contributed by atoms with van der Waals surface area (Å²) in [6.45, 7) is 3.57. The van der Waals surface area contributed by atoms with Crippen LogP contribution in [0.2, 0.25) is 0 Å². The average molecular weight is 387 g/mol. The summed E-state index contributed by atoms with van der Waals surface area (Å²) in [6, 6.07) is 0.793. The van der Waals surface area contributed by atoms with Gasteiger partial charge in [-0.2, -0.15) is 21.6 Å². The molecule has 0 saturated carbocycles. The van der Waals surface area contributed by atoms with E-state index in [0.717, 1.165) is 0 Å². The molecule has 1 aromatic rings. The monoisotopic (exact) mass is 387 g/mol. The molecule has 0 radical (unpaired) electrons. The lowest BCUT2D eigenvalue weighted by Crippen LogP contribution is -2.27. The molecule has 0 spiro atoms. The van der Waals surface area contributed by atoms with E-state index in [0.29, 0.717) is 18.4 Å². The van der Waals surface area contributed by atoms with E-state index >= 15 is 0 Å². The Labute approximate surface area is 142 Å². The minimum Gasteiger partial charge on any atom is -0.444 e. The number of hydrogen-bond donors (Lipinski definition) is 1. The molecule has 142 valence electrons. The summed E-state index contributed by atoms with van der Waals surface area (Å²) in [6.07, 6.45) is -5.41. The third kappa shape index (κ3) is 7.26. The predicted octanol–water partition coefficient (Wildman–Crippen LogP) is 3.67. The second-order valence-electron chi connectivity index (χ2n) is 6.08. The van der Waals surface area contributed by atoms with Gasteiger partial charge in [-0.25, -0.2) is 9.18 Å². The molecular formula is C14H17F4NO5S. The Balaban J connectivity index is 3.20. The van der Waals surface area contributed by atoms with E-state index in [1.165, 1.54) is 20.8 Å². The van der Waals surface area contributed by atoms with Crippen molar-refractivity contribution in [3.8, 4) is 0 Å². The highest BCUT2D eigenvalue weighted by Crippen LogP contribution is 2.35.